The van der Waals surface area contributed by atoms with Gasteiger partial charge in [-0.25, -0.2) is 0 Å². The molecule has 0 rings (SSSR count). The second-order valence-corrected chi connectivity index (χ2v) is 3.26. The van der Waals surface area contributed by atoms with Gasteiger partial charge in [-0.3, -0.25) is 9.59 Å². The third kappa shape index (κ3) is 1.54. The molecule has 0 bridgehead atoms. The summed E-state index contributed by atoms with van der Waals surface area (Å²) in [6, 6.07) is 0. The average Bonchev–Trinajstić information content (AvgIpc) is 1.86. The molecular weight excluding hydrogens is 160 g/mol. The van der Waals surface area contributed by atoms with Crippen molar-refractivity contribution in [3.05, 3.63) is 0 Å². The van der Waals surface area contributed by atoms with Crippen LogP contribution < -0.4 is 0 Å². The minimum Gasteiger partial charge on any atom is -0.379 e. The fourth-order valence-corrected chi connectivity index (χ4v) is 0.686. The van der Waals surface area contributed by atoms with Crippen molar-refractivity contribution in [2.75, 3.05) is 0 Å². The molecule has 0 aromatic heterocycles. The lowest BCUT2D eigenvalue weighted by atomic mass is 9.80. The molecule has 0 saturated heterocycles. The maximum atomic E-state index is 10.9. The van der Waals surface area contributed by atoms with Gasteiger partial charge in [0.05, 0.1) is 0 Å². The largest absolute Gasteiger partial charge is 0.379 e. The van der Waals surface area contributed by atoms with Crippen molar-refractivity contribution in [1.29, 1.82) is 0 Å². The van der Waals surface area contributed by atoms with Crippen molar-refractivity contribution >= 4 is 11.6 Å². The molecule has 0 unspecified atom stereocenters. The van der Waals surface area contributed by atoms with Crippen LogP contribution in [0.4, 0.5) is 0 Å². The molecule has 4 heteroatoms. The van der Waals surface area contributed by atoms with Crippen LogP contribution in [0.15, 0.2) is 0 Å². The van der Waals surface area contributed by atoms with Gasteiger partial charge >= 0.3 is 0 Å². The summed E-state index contributed by atoms with van der Waals surface area (Å²) in [5, 5.41) is 18.9. The molecule has 0 heterocycles. The van der Waals surface area contributed by atoms with E-state index < -0.39 is 22.8 Å². The quantitative estimate of drug-likeness (QED) is 0.614. The maximum absolute atomic E-state index is 10.9. The zero-order chi connectivity index (χ0) is 10.2. The van der Waals surface area contributed by atoms with E-state index in [0.717, 1.165) is 27.7 Å². The number of hydrogen-bond acceptors (Lipinski definition) is 4. The number of aliphatic hydroxyl groups is 2. The third-order valence-electron chi connectivity index (χ3n) is 2.32. The molecule has 0 aromatic rings. The first-order chi connectivity index (χ1) is 5.14. The van der Waals surface area contributed by atoms with Crippen LogP contribution in [-0.4, -0.2) is 33.0 Å². The second-order valence-electron chi connectivity index (χ2n) is 3.26. The van der Waals surface area contributed by atoms with Crippen LogP contribution in [0.25, 0.3) is 0 Å². The summed E-state index contributed by atoms with van der Waals surface area (Å²) in [5.41, 5.74) is -4.03. The average molecular weight is 174 g/mol. The molecule has 0 fully saturated rings. The number of hydrogen-bond donors (Lipinski definition) is 2. The molecule has 70 valence electrons. The van der Waals surface area contributed by atoms with Gasteiger partial charge in [0.15, 0.2) is 22.8 Å². The Kier molecular flexibility index (Phi) is 2.77. The summed E-state index contributed by atoms with van der Waals surface area (Å²) in [6.07, 6.45) is 0. The van der Waals surface area contributed by atoms with Crippen molar-refractivity contribution in [2.24, 2.45) is 0 Å². The summed E-state index contributed by atoms with van der Waals surface area (Å²) in [4.78, 5) is 21.7. The monoisotopic (exact) mass is 174 g/mol. The van der Waals surface area contributed by atoms with E-state index in [-0.39, 0.29) is 0 Å². The number of carbonyl (C=O) groups is 2. The van der Waals surface area contributed by atoms with Gasteiger partial charge in [0.1, 0.15) is 0 Å². The molecule has 0 aliphatic heterocycles. The molecule has 0 saturated carbocycles. The smallest absolute Gasteiger partial charge is 0.164 e. The SMILES string of the molecule is CC(=O)[C@@](C)(O)[C@](C)(O)C(C)=O. The Bertz CT molecular complexity index is 191. The molecule has 2 atom stereocenters. The van der Waals surface area contributed by atoms with E-state index in [2.05, 4.69) is 0 Å². The van der Waals surface area contributed by atoms with Crippen molar-refractivity contribution in [3.63, 3.8) is 0 Å². The Morgan fingerprint density at radius 1 is 0.917 bits per heavy atom. The lowest BCUT2D eigenvalue weighted by Crippen LogP contribution is -2.58. The molecule has 0 aliphatic rings. The van der Waals surface area contributed by atoms with Gasteiger partial charge in [0.25, 0.3) is 0 Å². The van der Waals surface area contributed by atoms with E-state index in [9.17, 15) is 19.8 Å². The number of ketones is 2. The Balaban J connectivity index is 5.01. The van der Waals surface area contributed by atoms with E-state index in [1.165, 1.54) is 0 Å². The van der Waals surface area contributed by atoms with Crippen molar-refractivity contribution in [2.45, 2.75) is 38.9 Å². The maximum Gasteiger partial charge on any atom is 0.164 e. The van der Waals surface area contributed by atoms with Crippen LogP contribution in [0.3, 0.4) is 0 Å². The Labute approximate surface area is 71.2 Å². The van der Waals surface area contributed by atoms with Crippen LogP contribution >= 0.6 is 0 Å². The molecule has 0 spiro atoms. The Morgan fingerprint density at radius 2 is 1.08 bits per heavy atom. The lowest BCUT2D eigenvalue weighted by molar-refractivity contribution is -0.172. The molecule has 0 aromatic carbocycles. The van der Waals surface area contributed by atoms with Crippen LogP contribution in [0.1, 0.15) is 27.7 Å². The minimum absolute atomic E-state index is 0.636. The van der Waals surface area contributed by atoms with Crippen LogP contribution in [0, 0.1) is 0 Å². The van der Waals surface area contributed by atoms with Gasteiger partial charge in [-0.05, 0) is 27.7 Å². The highest BCUT2D eigenvalue weighted by Crippen LogP contribution is 2.23. The minimum atomic E-state index is -2.02. The molecule has 12 heavy (non-hydrogen) atoms. The first-order valence-corrected chi connectivity index (χ1v) is 3.61. The van der Waals surface area contributed by atoms with E-state index in [1.54, 1.807) is 0 Å². The molecule has 4 nitrogen and oxygen atoms in total. The standard InChI is InChI=1S/C8H14O4/c1-5(9)7(3,11)8(4,12)6(2)10/h11-12H,1-4H3/t7-,8-/m1/s1. The lowest BCUT2D eigenvalue weighted by Gasteiger charge is -2.33. The number of carbonyl (C=O) groups excluding carboxylic acids is 2. The zero-order valence-electron chi connectivity index (χ0n) is 7.71. The van der Waals surface area contributed by atoms with Gasteiger partial charge < -0.3 is 10.2 Å². The van der Waals surface area contributed by atoms with Crippen molar-refractivity contribution < 1.29 is 19.8 Å². The van der Waals surface area contributed by atoms with Gasteiger partial charge in [0.2, 0.25) is 0 Å². The summed E-state index contributed by atoms with van der Waals surface area (Å²) in [7, 11) is 0. The summed E-state index contributed by atoms with van der Waals surface area (Å²) in [5.74, 6) is -1.27. The second kappa shape index (κ2) is 2.95. The molecule has 2 N–H and O–H groups in total. The predicted molar refractivity (Wildman–Crippen MR) is 42.6 cm³/mol. The van der Waals surface area contributed by atoms with E-state index >= 15 is 0 Å². The first-order valence-electron chi connectivity index (χ1n) is 3.61. The summed E-state index contributed by atoms with van der Waals surface area (Å²) in [6.45, 7) is 4.49. The molecule has 0 radical (unpaired) electrons. The van der Waals surface area contributed by atoms with E-state index in [0.29, 0.717) is 0 Å². The normalized spacial score (nSPS) is 20.8. The highest BCUT2D eigenvalue weighted by atomic mass is 16.4. The number of Topliss-reactive ketones (excluding diaryl/α,β-unsaturated/α-hetero) is 2. The summed E-state index contributed by atoms with van der Waals surface area (Å²) >= 11 is 0. The third-order valence-corrected chi connectivity index (χ3v) is 2.32. The Hall–Kier alpha value is -0.740. The first kappa shape index (κ1) is 11.3. The van der Waals surface area contributed by atoms with Gasteiger partial charge in [0, 0.05) is 0 Å². The fourth-order valence-electron chi connectivity index (χ4n) is 0.686. The topological polar surface area (TPSA) is 74.6 Å². The highest BCUT2D eigenvalue weighted by Gasteiger charge is 2.49. The van der Waals surface area contributed by atoms with Crippen LogP contribution in [0.5, 0.6) is 0 Å². The van der Waals surface area contributed by atoms with Gasteiger partial charge in [-0.2, -0.15) is 0 Å². The molecule has 0 aliphatic carbocycles. The van der Waals surface area contributed by atoms with Gasteiger partial charge in [-0.15, -0.1) is 0 Å². The fraction of sp³-hybridized carbons (Fsp3) is 0.750. The van der Waals surface area contributed by atoms with Crippen LogP contribution in [-0.2, 0) is 9.59 Å². The van der Waals surface area contributed by atoms with E-state index in [4.69, 9.17) is 0 Å². The highest BCUT2D eigenvalue weighted by molar-refractivity contribution is 5.96. The van der Waals surface area contributed by atoms with Gasteiger partial charge in [-0.1, -0.05) is 0 Å². The Morgan fingerprint density at radius 3 is 1.17 bits per heavy atom. The summed E-state index contributed by atoms with van der Waals surface area (Å²) < 4.78 is 0. The predicted octanol–water partition coefficient (Wildman–Crippen LogP) is -0.334. The van der Waals surface area contributed by atoms with Crippen molar-refractivity contribution in [3.8, 4) is 0 Å². The number of rotatable bonds is 3. The van der Waals surface area contributed by atoms with E-state index in [1.807, 2.05) is 0 Å². The van der Waals surface area contributed by atoms with Crippen molar-refractivity contribution in [1.82, 2.24) is 0 Å². The molecule has 0 amide bonds. The zero-order valence-corrected chi connectivity index (χ0v) is 7.71. The molecular formula is C8H14O4. The van der Waals surface area contributed by atoms with Crippen LogP contribution in [0.2, 0.25) is 0 Å².